The third-order valence-electron chi connectivity index (χ3n) is 4.67. The lowest BCUT2D eigenvalue weighted by Gasteiger charge is -2.29. The highest BCUT2D eigenvalue weighted by atomic mass is 16.4. The lowest BCUT2D eigenvalue weighted by molar-refractivity contribution is 0.0700. The fourth-order valence-corrected chi connectivity index (χ4v) is 3.13. The predicted octanol–water partition coefficient (Wildman–Crippen LogP) is 3.20. The number of rotatable bonds is 4. The highest BCUT2D eigenvalue weighted by Crippen LogP contribution is 2.29. The van der Waals surface area contributed by atoms with E-state index in [1.807, 2.05) is 24.8 Å². The molecule has 1 saturated heterocycles. The van der Waals surface area contributed by atoms with Gasteiger partial charge in [-0.25, -0.2) is 0 Å². The van der Waals surface area contributed by atoms with Gasteiger partial charge < -0.3 is 13.7 Å². The average molecular weight is 355 g/mol. The van der Waals surface area contributed by atoms with Crippen LogP contribution in [-0.2, 0) is 0 Å². The summed E-state index contributed by atoms with van der Waals surface area (Å²) in [6, 6.07) is 5.34. The van der Waals surface area contributed by atoms with E-state index in [0.717, 1.165) is 12.8 Å². The maximum atomic E-state index is 12.7. The molecule has 0 aromatic carbocycles. The smallest absolute Gasteiger partial charge is 0.274 e. The monoisotopic (exact) mass is 355 g/mol. The van der Waals surface area contributed by atoms with E-state index in [1.165, 1.54) is 0 Å². The molecule has 3 aromatic rings. The fourth-order valence-electron chi connectivity index (χ4n) is 3.13. The second-order valence-electron chi connectivity index (χ2n) is 6.84. The summed E-state index contributed by atoms with van der Waals surface area (Å²) in [5, 5.41) is 15.3. The van der Waals surface area contributed by atoms with Crippen molar-refractivity contribution in [2.45, 2.75) is 38.5 Å². The fraction of sp³-hybridized carbons (Fsp3) is 0.444. The molecule has 1 aliphatic rings. The summed E-state index contributed by atoms with van der Waals surface area (Å²) in [5.41, 5.74) is 1.09. The van der Waals surface area contributed by atoms with E-state index in [4.69, 9.17) is 8.83 Å². The molecule has 1 N–H and O–H groups in total. The van der Waals surface area contributed by atoms with Gasteiger partial charge in [-0.2, -0.15) is 5.10 Å². The molecule has 0 radical (unpaired) electrons. The SMILES string of the molecule is CC(C)c1nnc(C2CCN(C(=O)c3cc(-c4ccco4)[nH]n3)CC2)o1. The molecule has 26 heavy (non-hydrogen) atoms. The number of nitrogens with one attached hydrogen (secondary N) is 1. The van der Waals surface area contributed by atoms with Crippen LogP contribution in [-0.4, -0.2) is 44.3 Å². The van der Waals surface area contributed by atoms with Crippen molar-refractivity contribution < 1.29 is 13.6 Å². The lowest BCUT2D eigenvalue weighted by atomic mass is 9.96. The van der Waals surface area contributed by atoms with Crippen LogP contribution >= 0.6 is 0 Å². The first-order valence-electron chi connectivity index (χ1n) is 8.83. The van der Waals surface area contributed by atoms with Gasteiger partial charge in [-0.15, -0.1) is 10.2 Å². The van der Waals surface area contributed by atoms with Crippen LogP contribution in [0.5, 0.6) is 0 Å². The molecule has 0 saturated carbocycles. The summed E-state index contributed by atoms with van der Waals surface area (Å²) in [5.74, 6) is 2.36. The van der Waals surface area contributed by atoms with E-state index in [9.17, 15) is 4.79 Å². The number of hydrogen-bond acceptors (Lipinski definition) is 6. The number of aromatic amines is 1. The normalized spacial score (nSPS) is 15.7. The first-order chi connectivity index (χ1) is 12.6. The number of hydrogen-bond donors (Lipinski definition) is 1. The van der Waals surface area contributed by atoms with Crippen molar-refractivity contribution in [1.29, 1.82) is 0 Å². The maximum Gasteiger partial charge on any atom is 0.274 e. The van der Waals surface area contributed by atoms with Gasteiger partial charge in [-0.05, 0) is 25.0 Å². The standard InChI is InChI=1S/C18H21N5O3/c1-11(2)16-21-22-17(26-16)12-5-7-23(8-6-12)18(24)14-10-13(19-20-14)15-4-3-9-25-15/h3-4,9-12H,5-8H2,1-2H3,(H,19,20). The summed E-state index contributed by atoms with van der Waals surface area (Å²) in [7, 11) is 0. The molecule has 136 valence electrons. The zero-order valence-corrected chi connectivity index (χ0v) is 14.8. The first kappa shape index (κ1) is 16.6. The third kappa shape index (κ3) is 3.14. The number of nitrogens with zero attached hydrogens (tertiary/aromatic N) is 4. The van der Waals surface area contributed by atoms with Crippen molar-refractivity contribution in [2.24, 2.45) is 0 Å². The molecule has 0 bridgehead atoms. The third-order valence-corrected chi connectivity index (χ3v) is 4.67. The van der Waals surface area contributed by atoms with Crippen LogP contribution < -0.4 is 0 Å². The van der Waals surface area contributed by atoms with E-state index in [2.05, 4.69) is 20.4 Å². The Balaban J connectivity index is 1.39. The molecule has 0 spiro atoms. The van der Waals surface area contributed by atoms with Gasteiger partial charge in [0, 0.05) is 31.0 Å². The van der Waals surface area contributed by atoms with Crippen LogP contribution in [0, 0.1) is 0 Å². The molecule has 3 aromatic heterocycles. The predicted molar refractivity (Wildman–Crippen MR) is 92.6 cm³/mol. The molecule has 1 aliphatic heterocycles. The van der Waals surface area contributed by atoms with E-state index in [1.54, 1.807) is 18.4 Å². The van der Waals surface area contributed by atoms with Gasteiger partial charge >= 0.3 is 0 Å². The van der Waals surface area contributed by atoms with Crippen LogP contribution in [0.1, 0.15) is 60.8 Å². The Bertz CT molecular complexity index is 872. The van der Waals surface area contributed by atoms with E-state index in [-0.39, 0.29) is 17.7 Å². The minimum Gasteiger partial charge on any atom is -0.463 e. The highest BCUT2D eigenvalue weighted by molar-refractivity contribution is 5.93. The van der Waals surface area contributed by atoms with Gasteiger partial charge in [-0.1, -0.05) is 13.8 Å². The Morgan fingerprint density at radius 1 is 1.31 bits per heavy atom. The number of likely N-dealkylation sites (tertiary alicyclic amines) is 1. The number of aromatic nitrogens is 4. The maximum absolute atomic E-state index is 12.7. The number of carbonyl (C=O) groups is 1. The summed E-state index contributed by atoms with van der Waals surface area (Å²) in [6.45, 7) is 5.34. The van der Waals surface area contributed by atoms with E-state index >= 15 is 0 Å². The molecule has 0 atom stereocenters. The summed E-state index contributed by atoms with van der Waals surface area (Å²) < 4.78 is 11.1. The number of carbonyl (C=O) groups excluding carboxylic acids is 1. The summed E-state index contributed by atoms with van der Waals surface area (Å²) in [6.07, 6.45) is 3.20. The second-order valence-corrected chi connectivity index (χ2v) is 6.84. The molecule has 1 amide bonds. The van der Waals surface area contributed by atoms with Crippen molar-refractivity contribution >= 4 is 5.91 Å². The number of amides is 1. The minimum absolute atomic E-state index is 0.0779. The van der Waals surface area contributed by atoms with Crippen LogP contribution in [0.25, 0.3) is 11.5 Å². The molecular weight excluding hydrogens is 334 g/mol. The Labute approximate surface area is 150 Å². The number of furan rings is 1. The molecule has 8 nitrogen and oxygen atoms in total. The molecule has 8 heteroatoms. The van der Waals surface area contributed by atoms with Crippen LogP contribution in [0.4, 0.5) is 0 Å². The van der Waals surface area contributed by atoms with Gasteiger partial charge in [0.2, 0.25) is 11.8 Å². The van der Waals surface area contributed by atoms with Gasteiger partial charge in [0.15, 0.2) is 11.5 Å². The number of piperidine rings is 1. The Morgan fingerprint density at radius 3 is 2.77 bits per heavy atom. The Kier molecular flexibility index (Phi) is 4.32. The van der Waals surface area contributed by atoms with E-state index in [0.29, 0.717) is 42.0 Å². The zero-order chi connectivity index (χ0) is 18.1. The Morgan fingerprint density at radius 2 is 2.12 bits per heavy atom. The molecule has 4 rings (SSSR count). The molecular formula is C18H21N5O3. The van der Waals surface area contributed by atoms with Crippen LogP contribution in [0.15, 0.2) is 33.3 Å². The van der Waals surface area contributed by atoms with Crippen LogP contribution in [0.3, 0.4) is 0 Å². The average Bonchev–Trinajstić information content (AvgIpc) is 3.42. The largest absolute Gasteiger partial charge is 0.463 e. The zero-order valence-electron chi connectivity index (χ0n) is 14.8. The summed E-state index contributed by atoms with van der Waals surface area (Å²) in [4.78, 5) is 14.5. The highest BCUT2D eigenvalue weighted by Gasteiger charge is 2.29. The lowest BCUT2D eigenvalue weighted by Crippen LogP contribution is -2.38. The number of H-pyrrole nitrogens is 1. The minimum atomic E-state index is -0.0779. The van der Waals surface area contributed by atoms with Crippen LogP contribution in [0.2, 0.25) is 0 Å². The van der Waals surface area contributed by atoms with Crippen molar-refractivity contribution in [3.05, 3.63) is 41.9 Å². The van der Waals surface area contributed by atoms with Gasteiger partial charge in [0.1, 0.15) is 5.69 Å². The topological polar surface area (TPSA) is 101 Å². The Hall–Kier alpha value is -2.90. The van der Waals surface area contributed by atoms with E-state index < -0.39 is 0 Å². The van der Waals surface area contributed by atoms with Crippen molar-refractivity contribution in [2.75, 3.05) is 13.1 Å². The second kappa shape index (κ2) is 6.78. The molecule has 1 fully saturated rings. The van der Waals surface area contributed by atoms with Gasteiger partial charge in [0.05, 0.1) is 6.26 Å². The molecule has 4 heterocycles. The quantitative estimate of drug-likeness (QED) is 0.771. The van der Waals surface area contributed by atoms with Crippen molar-refractivity contribution in [1.82, 2.24) is 25.3 Å². The van der Waals surface area contributed by atoms with Crippen molar-refractivity contribution in [3.8, 4) is 11.5 Å². The molecule has 0 aliphatic carbocycles. The molecule has 0 unspecified atom stereocenters. The van der Waals surface area contributed by atoms with Crippen molar-refractivity contribution in [3.63, 3.8) is 0 Å². The first-order valence-corrected chi connectivity index (χ1v) is 8.83. The van der Waals surface area contributed by atoms with Gasteiger partial charge in [-0.3, -0.25) is 9.89 Å². The summed E-state index contributed by atoms with van der Waals surface area (Å²) >= 11 is 0. The van der Waals surface area contributed by atoms with Gasteiger partial charge in [0.25, 0.3) is 5.91 Å².